The number of carbonyl (C=O) groups is 2. The Hall–Kier alpha value is -5.17. The van der Waals surface area contributed by atoms with Crippen molar-refractivity contribution in [3.05, 3.63) is 53.9 Å². The molecule has 4 aliphatic rings. The summed E-state index contributed by atoms with van der Waals surface area (Å²) in [6, 6.07) is 12.2. The Balaban J connectivity index is 0.821. The van der Waals surface area contributed by atoms with Crippen molar-refractivity contribution in [2.75, 3.05) is 74.1 Å². The van der Waals surface area contributed by atoms with Gasteiger partial charge in [-0.3, -0.25) is 24.8 Å². The van der Waals surface area contributed by atoms with Crippen molar-refractivity contribution < 1.29 is 14.3 Å². The van der Waals surface area contributed by atoms with E-state index in [0.717, 1.165) is 139 Å². The molecule has 3 N–H and O–H groups in total. The van der Waals surface area contributed by atoms with Crippen LogP contribution in [-0.2, 0) is 14.3 Å². The van der Waals surface area contributed by atoms with Crippen LogP contribution in [0.2, 0.25) is 0 Å². The normalized spacial score (nSPS) is 20.8. The molecular formula is C39H43N11O3S. The lowest BCUT2D eigenvalue weighted by Gasteiger charge is -2.39. The van der Waals surface area contributed by atoms with Gasteiger partial charge in [0.05, 0.1) is 39.8 Å². The third kappa shape index (κ3) is 6.97. The van der Waals surface area contributed by atoms with E-state index in [4.69, 9.17) is 19.8 Å². The SMILES string of the molecule is N#Cc1ccc2c(c1)[nH]c1c(NC3CCOCC3)c(-c3nnc(N4CCN(CC5CCN(c6ccc(C7CCC(=O)NC7=O)cn6)CC5)CC4)s3)cnc12. The van der Waals surface area contributed by atoms with Gasteiger partial charge in [0, 0.05) is 94.8 Å². The Labute approximate surface area is 316 Å². The summed E-state index contributed by atoms with van der Waals surface area (Å²) in [5.74, 6) is 0.868. The number of benzene rings is 1. The summed E-state index contributed by atoms with van der Waals surface area (Å²) in [7, 11) is 0. The lowest BCUT2D eigenvalue weighted by Crippen LogP contribution is -2.49. The smallest absolute Gasteiger partial charge is 0.234 e. The number of pyridine rings is 2. The molecule has 54 heavy (non-hydrogen) atoms. The van der Waals surface area contributed by atoms with Crippen LogP contribution in [0.3, 0.4) is 0 Å². The molecule has 278 valence electrons. The molecule has 1 unspecified atom stereocenters. The standard InChI is InChI=1S/C39H43N11O3S/c40-20-25-1-3-29-31(19-25)44-36-34(29)42-22-30(35(36)43-27-9-17-53-18-10-27)38-46-47-39(54-38)50-15-13-48(14-16-50)23-24-7-11-49(12-8-24)32-5-2-26(21-41-32)28-4-6-33(51)45-37(28)52/h1-3,5,19,21-22,24,27-28,44H,4,6-18,23H2,(H,42,43)(H,45,51,52). The molecule has 4 aliphatic heterocycles. The summed E-state index contributed by atoms with van der Waals surface area (Å²) in [6.45, 7) is 8.28. The monoisotopic (exact) mass is 745 g/mol. The molecule has 0 aliphatic carbocycles. The average molecular weight is 746 g/mol. The molecule has 4 aromatic heterocycles. The highest BCUT2D eigenvalue weighted by Gasteiger charge is 2.30. The van der Waals surface area contributed by atoms with Gasteiger partial charge in [0.15, 0.2) is 5.01 Å². The molecule has 1 atom stereocenters. The van der Waals surface area contributed by atoms with Gasteiger partial charge in [-0.1, -0.05) is 17.4 Å². The minimum atomic E-state index is -0.304. The van der Waals surface area contributed by atoms with Crippen molar-refractivity contribution in [2.45, 2.75) is 50.5 Å². The molecule has 4 saturated heterocycles. The molecule has 9 rings (SSSR count). The van der Waals surface area contributed by atoms with E-state index in [1.807, 2.05) is 36.5 Å². The zero-order valence-electron chi connectivity index (χ0n) is 30.1. The molecular weight excluding hydrogens is 703 g/mol. The number of aromatic nitrogens is 5. The van der Waals surface area contributed by atoms with E-state index in [-0.39, 0.29) is 23.8 Å². The number of ether oxygens (including phenoxy) is 1. The quantitative estimate of drug-likeness (QED) is 0.188. The van der Waals surface area contributed by atoms with Crippen molar-refractivity contribution in [1.29, 1.82) is 5.26 Å². The van der Waals surface area contributed by atoms with Crippen LogP contribution in [0.5, 0.6) is 0 Å². The van der Waals surface area contributed by atoms with Gasteiger partial charge in [-0.2, -0.15) is 5.26 Å². The average Bonchev–Trinajstić information content (AvgIpc) is 3.85. The van der Waals surface area contributed by atoms with E-state index < -0.39 is 0 Å². The zero-order valence-corrected chi connectivity index (χ0v) is 30.9. The Morgan fingerprint density at radius 1 is 0.926 bits per heavy atom. The lowest BCUT2D eigenvalue weighted by molar-refractivity contribution is -0.134. The number of nitriles is 1. The van der Waals surface area contributed by atoms with Crippen molar-refractivity contribution in [1.82, 2.24) is 35.4 Å². The van der Waals surface area contributed by atoms with Crippen LogP contribution in [0.4, 0.5) is 16.6 Å². The fraction of sp³-hybridized carbons (Fsp3) is 0.462. The Bertz CT molecular complexity index is 2210. The van der Waals surface area contributed by atoms with E-state index in [9.17, 15) is 14.9 Å². The van der Waals surface area contributed by atoms with Crippen LogP contribution in [0, 0.1) is 17.2 Å². The summed E-state index contributed by atoms with van der Waals surface area (Å²) in [5.41, 5.74) is 6.06. The van der Waals surface area contributed by atoms with E-state index in [1.54, 1.807) is 17.5 Å². The Kier molecular flexibility index (Phi) is 9.56. The maximum Gasteiger partial charge on any atom is 0.234 e. The van der Waals surface area contributed by atoms with Crippen molar-refractivity contribution in [3.63, 3.8) is 0 Å². The van der Waals surface area contributed by atoms with E-state index >= 15 is 0 Å². The minimum absolute atomic E-state index is 0.197. The fourth-order valence-corrected chi connectivity index (χ4v) is 9.25. The zero-order chi connectivity index (χ0) is 36.6. The first kappa shape index (κ1) is 34.6. The maximum absolute atomic E-state index is 12.3. The summed E-state index contributed by atoms with van der Waals surface area (Å²) in [4.78, 5) is 44.3. The lowest BCUT2D eigenvalue weighted by atomic mass is 9.91. The van der Waals surface area contributed by atoms with Crippen LogP contribution in [0.15, 0.2) is 42.7 Å². The number of fused-ring (bicyclic) bond motifs is 3. The van der Waals surface area contributed by atoms with Crippen LogP contribution in [0.1, 0.15) is 55.6 Å². The number of nitrogens with one attached hydrogen (secondary N) is 3. The molecule has 2 amide bonds. The predicted molar refractivity (Wildman–Crippen MR) is 208 cm³/mol. The minimum Gasteiger partial charge on any atom is -0.381 e. The number of imide groups is 1. The van der Waals surface area contributed by atoms with Crippen LogP contribution < -0.4 is 20.4 Å². The molecule has 0 radical (unpaired) electrons. The molecule has 0 saturated carbocycles. The largest absolute Gasteiger partial charge is 0.381 e. The second-order valence-corrected chi connectivity index (χ2v) is 15.8. The number of piperidine rings is 2. The van der Waals surface area contributed by atoms with Gasteiger partial charge in [-0.05, 0) is 67.9 Å². The number of H-pyrrole nitrogens is 1. The van der Waals surface area contributed by atoms with Crippen LogP contribution in [-0.4, -0.2) is 107 Å². The third-order valence-corrected chi connectivity index (χ3v) is 12.5. The van der Waals surface area contributed by atoms with Crippen molar-refractivity contribution in [3.8, 4) is 16.6 Å². The number of hydrogen-bond donors (Lipinski definition) is 3. The molecule has 4 fully saturated rings. The van der Waals surface area contributed by atoms with E-state index in [2.05, 4.69) is 41.5 Å². The molecule has 15 heteroatoms. The summed E-state index contributed by atoms with van der Waals surface area (Å²) < 4.78 is 5.64. The molecule has 0 spiro atoms. The fourth-order valence-electron chi connectivity index (χ4n) is 8.34. The third-order valence-electron chi connectivity index (χ3n) is 11.5. The first-order valence-corrected chi connectivity index (χ1v) is 19.9. The van der Waals surface area contributed by atoms with Gasteiger partial charge >= 0.3 is 0 Å². The molecule has 0 bridgehead atoms. The number of carbonyl (C=O) groups excluding carboxylic acids is 2. The first-order chi connectivity index (χ1) is 26.5. The highest BCUT2D eigenvalue weighted by Crippen LogP contribution is 2.40. The Morgan fingerprint density at radius 3 is 2.52 bits per heavy atom. The van der Waals surface area contributed by atoms with Gasteiger partial charge in [0.1, 0.15) is 5.82 Å². The highest BCUT2D eigenvalue weighted by molar-refractivity contribution is 7.18. The summed E-state index contributed by atoms with van der Waals surface area (Å²) in [6.07, 6.45) is 8.71. The predicted octanol–water partition coefficient (Wildman–Crippen LogP) is 4.65. The van der Waals surface area contributed by atoms with Gasteiger partial charge < -0.3 is 24.8 Å². The summed E-state index contributed by atoms with van der Waals surface area (Å²) >= 11 is 1.61. The maximum atomic E-state index is 12.3. The molecule has 1 aromatic carbocycles. The van der Waals surface area contributed by atoms with Crippen LogP contribution in [0.25, 0.3) is 32.5 Å². The van der Waals surface area contributed by atoms with Gasteiger partial charge in [-0.15, -0.1) is 10.2 Å². The highest BCUT2D eigenvalue weighted by atomic mass is 32.1. The second kappa shape index (κ2) is 14.9. The van der Waals surface area contributed by atoms with Gasteiger partial charge in [-0.25, -0.2) is 4.98 Å². The Morgan fingerprint density at radius 2 is 1.76 bits per heavy atom. The van der Waals surface area contributed by atoms with E-state index in [0.29, 0.717) is 24.3 Å². The van der Waals surface area contributed by atoms with Crippen LogP contribution >= 0.6 is 11.3 Å². The number of hydrogen-bond acceptors (Lipinski definition) is 13. The molecule has 8 heterocycles. The van der Waals surface area contributed by atoms with Gasteiger partial charge in [0.25, 0.3) is 0 Å². The number of anilines is 3. The topological polar surface area (TPSA) is 168 Å². The van der Waals surface area contributed by atoms with Crippen molar-refractivity contribution in [2.24, 2.45) is 5.92 Å². The number of rotatable bonds is 8. The number of nitrogens with zero attached hydrogens (tertiary/aromatic N) is 8. The first-order valence-electron chi connectivity index (χ1n) is 19.0. The number of amides is 2. The van der Waals surface area contributed by atoms with E-state index in [1.165, 1.54) is 0 Å². The summed E-state index contributed by atoms with van der Waals surface area (Å²) in [5, 5.41) is 27.9. The molecule has 5 aromatic rings. The second-order valence-electron chi connectivity index (χ2n) is 14.9. The van der Waals surface area contributed by atoms with Gasteiger partial charge in [0.2, 0.25) is 16.9 Å². The number of aromatic amines is 1. The number of piperazine rings is 1. The van der Waals surface area contributed by atoms with Crippen molar-refractivity contribution >= 4 is 61.7 Å². The molecule has 14 nitrogen and oxygen atoms in total.